The predicted octanol–water partition coefficient (Wildman–Crippen LogP) is 2.06. The first-order valence-corrected chi connectivity index (χ1v) is 4.25. The summed E-state index contributed by atoms with van der Waals surface area (Å²) in [5, 5.41) is 0. The van der Waals surface area contributed by atoms with Gasteiger partial charge in [-0.05, 0) is 25.0 Å². The Kier molecular flexibility index (Phi) is 5.94. The number of hydrogen-bond acceptors (Lipinski definition) is 2. The van der Waals surface area contributed by atoms with Gasteiger partial charge >= 0.3 is 0 Å². The van der Waals surface area contributed by atoms with Crippen molar-refractivity contribution in [1.82, 2.24) is 0 Å². The molecule has 0 aromatic heterocycles. The fourth-order valence-corrected chi connectivity index (χ4v) is 1.23. The average Bonchev–Trinajstić information content (AvgIpc) is 2.05. The van der Waals surface area contributed by atoms with Gasteiger partial charge in [0.1, 0.15) is 0 Å². The Morgan fingerprint density at radius 3 is 2.18 bits per heavy atom. The lowest BCUT2D eigenvalue weighted by molar-refractivity contribution is 0.273. The Morgan fingerprint density at radius 1 is 1.27 bits per heavy atom. The first-order valence-electron chi connectivity index (χ1n) is 4.25. The molecule has 0 bridgehead atoms. The summed E-state index contributed by atoms with van der Waals surface area (Å²) < 4.78 is 5.23. The van der Waals surface area contributed by atoms with Gasteiger partial charge in [-0.1, -0.05) is 13.8 Å². The normalized spacial score (nSPS) is 12.7. The summed E-state index contributed by atoms with van der Waals surface area (Å²) in [6.07, 6.45) is 2.99. The van der Waals surface area contributed by atoms with E-state index in [1.54, 1.807) is 7.11 Å². The van der Waals surface area contributed by atoms with Crippen molar-refractivity contribution in [3.05, 3.63) is 11.3 Å². The van der Waals surface area contributed by atoms with Crippen LogP contribution in [0.1, 0.15) is 33.1 Å². The van der Waals surface area contributed by atoms with E-state index in [1.807, 2.05) is 0 Å². The summed E-state index contributed by atoms with van der Waals surface area (Å²) in [5.74, 6) is 1.11. The van der Waals surface area contributed by atoms with Crippen LogP contribution >= 0.6 is 0 Å². The van der Waals surface area contributed by atoms with Crippen molar-refractivity contribution < 1.29 is 4.74 Å². The van der Waals surface area contributed by atoms with Crippen LogP contribution in [0.25, 0.3) is 0 Å². The molecule has 66 valence electrons. The quantitative estimate of drug-likeness (QED) is 0.620. The van der Waals surface area contributed by atoms with Gasteiger partial charge in [0.25, 0.3) is 0 Å². The van der Waals surface area contributed by atoms with Gasteiger partial charge in [-0.15, -0.1) is 0 Å². The van der Waals surface area contributed by atoms with E-state index >= 15 is 0 Å². The SMILES string of the molecule is CC/C(CCN)=C(\CC)OC. The van der Waals surface area contributed by atoms with E-state index in [1.165, 1.54) is 5.57 Å². The molecule has 0 fully saturated rings. The second-order valence-electron chi connectivity index (χ2n) is 2.48. The molecule has 0 amide bonds. The minimum Gasteiger partial charge on any atom is -0.501 e. The molecule has 0 aromatic carbocycles. The highest BCUT2D eigenvalue weighted by atomic mass is 16.5. The molecule has 2 N–H and O–H groups in total. The van der Waals surface area contributed by atoms with Crippen LogP contribution in [0.5, 0.6) is 0 Å². The second-order valence-corrected chi connectivity index (χ2v) is 2.48. The molecule has 0 saturated carbocycles. The van der Waals surface area contributed by atoms with Gasteiger partial charge in [0, 0.05) is 6.42 Å². The molecule has 0 aliphatic carbocycles. The second kappa shape index (κ2) is 6.23. The predicted molar refractivity (Wildman–Crippen MR) is 48.3 cm³/mol. The standard InChI is InChI=1S/C9H19NO/c1-4-8(6-7-10)9(5-2)11-3/h4-7,10H2,1-3H3/b9-8-. The van der Waals surface area contributed by atoms with Gasteiger partial charge in [-0.3, -0.25) is 0 Å². The largest absolute Gasteiger partial charge is 0.501 e. The summed E-state index contributed by atoms with van der Waals surface area (Å²) in [6.45, 7) is 4.96. The summed E-state index contributed by atoms with van der Waals surface area (Å²) in [5.41, 5.74) is 6.82. The first-order chi connectivity index (χ1) is 5.29. The van der Waals surface area contributed by atoms with Crippen molar-refractivity contribution in [3.8, 4) is 0 Å². The molecule has 0 rings (SSSR count). The zero-order valence-corrected chi connectivity index (χ0v) is 7.81. The maximum atomic E-state index is 5.46. The van der Waals surface area contributed by atoms with Crippen LogP contribution in [0.15, 0.2) is 11.3 Å². The van der Waals surface area contributed by atoms with E-state index in [0.717, 1.165) is 31.6 Å². The molecular formula is C9H19NO. The summed E-state index contributed by atoms with van der Waals surface area (Å²) in [7, 11) is 1.73. The van der Waals surface area contributed by atoms with E-state index in [2.05, 4.69) is 13.8 Å². The topological polar surface area (TPSA) is 35.2 Å². The molecule has 0 heterocycles. The lowest BCUT2D eigenvalue weighted by Gasteiger charge is -2.10. The zero-order valence-electron chi connectivity index (χ0n) is 7.81. The molecule has 0 atom stereocenters. The van der Waals surface area contributed by atoms with Crippen LogP contribution in [0.2, 0.25) is 0 Å². The van der Waals surface area contributed by atoms with E-state index < -0.39 is 0 Å². The highest BCUT2D eigenvalue weighted by molar-refractivity contribution is 5.07. The highest BCUT2D eigenvalue weighted by Crippen LogP contribution is 2.15. The summed E-state index contributed by atoms with van der Waals surface area (Å²) in [4.78, 5) is 0. The Morgan fingerprint density at radius 2 is 1.91 bits per heavy atom. The molecular weight excluding hydrogens is 138 g/mol. The van der Waals surface area contributed by atoms with Gasteiger partial charge < -0.3 is 10.5 Å². The third kappa shape index (κ3) is 3.42. The third-order valence-electron chi connectivity index (χ3n) is 1.83. The van der Waals surface area contributed by atoms with Gasteiger partial charge in [-0.25, -0.2) is 0 Å². The maximum Gasteiger partial charge on any atom is 0.0945 e. The molecule has 0 spiro atoms. The Balaban J connectivity index is 4.21. The summed E-state index contributed by atoms with van der Waals surface area (Å²) >= 11 is 0. The molecule has 2 nitrogen and oxygen atoms in total. The lowest BCUT2D eigenvalue weighted by atomic mass is 10.1. The lowest BCUT2D eigenvalue weighted by Crippen LogP contribution is -2.03. The number of hydrogen-bond donors (Lipinski definition) is 1. The zero-order chi connectivity index (χ0) is 8.69. The molecule has 2 heteroatoms. The maximum absolute atomic E-state index is 5.46. The fourth-order valence-electron chi connectivity index (χ4n) is 1.23. The molecule has 0 saturated heterocycles. The van der Waals surface area contributed by atoms with Gasteiger partial charge in [0.05, 0.1) is 12.9 Å². The number of rotatable bonds is 5. The summed E-state index contributed by atoms with van der Waals surface area (Å²) in [6, 6.07) is 0. The van der Waals surface area contributed by atoms with E-state index in [0.29, 0.717) is 0 Å². The first kappa shape index (κ1) is 10.5. The van der Waals surface area contributed by atoms with Crippen molar-refractivity contribution in [1.29, 1.82) is 0 Å². The van der Waals surface area contributed by atoms with Crippen LogP contribution in [0, 0.1) is 0 Å². The van der Waals surface area contributed by atoms with Gasteiger partial charge in [-0.2, -0.15) is 0 Å². The van der Waals surface area contributed by atoms with Crippen molar-refractivity contribution in [2.24, 2.45) is 5.73 Å². The monoisotopic (exact) mass is 157 g/mol. The minimum atomic E-state index is 0.718. The van der Waals surface area contributed by atoms with Crippen molar-refractivity contribution in [2.45, 2.75) is 33.1 Å². The number of ether oxygens (including phenoxy) is 1. The minimum absolute atomic E-state index is 0.718. The Labute approximate surface area is 69.4 Å². The van der Waals surface area contributed by atoms with Crippen LogP contribution < -0.4 is 5.73 Å². The smallest absolute Gasteiger partial charge is 0.0945 e. The Hall–Kier alpha value is -0.500. The van der Waals surface area contributed by atoms with Crippen molar-refractivity contribution in [2.75, 3.05) is 13.7 Å². The Bertz CT molecular complexity index is 124. The molecule has 0 aliphatic rings. The van der Waals surface area contributed by atoms with Crippen molar-refractivity contribution in [3.63, 3.8) is 0 Å². The average molecular weight is 157 g/mol. The van der Waals surface area contributed by atoms with Crippen molar-refractivity contribution >= 4 is 0 Å². The van der Waals surface area contributed by atoms with Crippen LogP contribution in [-0.2, 0) is 4.74 Å². The van der Waals surface area contributed by atoms with Gasteiger partial charge in [0.15, 0.2) is 0 Å². The molecule has 0 aromatic rings. The van der Waals surface area contributed by atoms with E-state index in [9.17, 15) is 0 Å². The third-order valence-corrected chi connectivity index (χ3v) is 1.83. The van der Waals surface area contributed by atoms with Crippen LogP contribution in [0.3, 0.4) is 0 Å². The molecule has 0 radical (unpaired) electrons. The van der Waals surface area contributed by atoms with Crippen LogP contribution in [0.4, 0.5) is 0 Å². The molecule has 11 heavy (non-hydrogen) atoms. The molecule has 0 unspecified atom stereocenters. The van der Waals surface area contributed by atoms with Gasteiger partial charge in [0.2, 0.25) is 0 Å². The van der Waals surface area contributed by atoms with E-state index in [4.69, 9.17) is 10.5 Å². The molecule has 0 aliphatic heterocycles. The fraction of sp³-hybridized carbons (Fsp3) is 0.778. The highest BCUT2D eigenvalue weighted by Gasteiger charge is 2.01. The number of nitrogens with two attached hydrogens (primary N) is 1. The van der Waals surface area contributed by atoms with E-state index in [-0.39, 0.29) is 0 Å². The number of allylic oxidation sites excluding steroid dienone is 1. The number of methoxy groups -OCH3 is 1. The van der Waals surface area contributed by atoms with Crippen LogP contribution in [-0.4, -0.2) is 13.7 Å².